The Hall–Kier alpha value is -1.88. The molecule has 1 spiro atoms. The summed E-state index contributed by atoms with van der Waals surface area (Å²) in [6, 6.07) is 7.72. The lowest BCUT2D eigenvalue weighted by atomic mass is 9.89. The van der Waals surface area contributed by atoms with Crippen molar-refractivity contribution >= 4 is 17.3 Å². The highest BCUT2D eigenvalue weighted by molar-refractivity contribution is 6.43. The van der Waals surface area contributed by atoms with Crippen LogP contribution in [0.4, 0.5) is 5.69 Å². The molecule has 2 aliphatic rings. The van der Waals surface area contributed by atoms with Gasteiger partial charge in [0, 0.05) is 18.7 Å². The van der Waals surface area contributed by atoms with Gasteiger partial charge in [-0.05, 0) is 38.4 Å². The van der Waals surface area contributed by atoms with E-state index in [-0.39, 0.29) is 11.5 Å². The zero-order valence-corrected chi connectivity index (χ0v) is 11.6. The zero-order chi connectivity index (χ0) is 14.0. The number of hydrogen-bond donors (Lipinski definition) is 2. The number of rotatable bonds is 2. The fraction of sp³-hybridized carbons (Fsp3) is 0.467. The lowest BCUT2D eigenvalue weighted by molar-refractivity contribution is -0.110. The molecule has 1 amide bonds. The number of carbonyl (C=O) groups excluding carboxylic acids is 1. The SMILES string of the molecule is Cc1ccc(NC(=O)C2=NOC3(CCCNC3)C2)cc1. The van der Waals surface area contributed by atoms with E-state index in [4.69, 9.17) is 4.84 Å². The van der Waals surface area contributed by atoms with Crippen LogP contribution in [0.3, 0.4) is 0 Å². The van der Waals surface area contributed by atoms with Crippen molar-refractivity contribution in [3.05, 3.63) is 29.8 Å². The maximum atomic E-state index is 12.2. The molecule has 0 aromatic heterocycles. The van der Waals surface area contributed by atoms with E-state index in [1.165, 1.54) is 0 Å². The molecule has 0 radical (unpaired) electrons. The number of nitrogens with zero attached hydrogens (tertiary/aromatic N) is 1. The van der Waals surface area contributed by atoms with E-state index >= 15 is 0 Å². The number of nitrogens with one attached hydrogen (secondary N) is 2. The molecule has 1 unspecified atom stereocenters. The largest absolute Gasteiger partial charge is 0.387 e. The van der Waals surface area contributed by atoms with Crippen LogP contribution in [0.5, 0.6) is 0 Å². The Bertz CT molecular complexity index is 531. The summed E-state index contributed by atoms with van der Waals surface area (Å²) in [7, 11) is 0. The third-order valence-corrected chi connectivity index (χ3v) is 3.84. The minimum Gasteiger partial charge on any atom is -0.387 e. The number of hydrogen-bond acceptors (Lipinski definition) is 4. The van der Waals surface area contributed by atoms with Crippen LogP contribution in [0.25, 0.3) is 0 Å². The molecule has 2 heterocycles. The minimum absolute atomic E-state index is 0.170. The Kier molecular flexibility index (Phi) is 3.44. The molecule has 1 aromatic carbocycles. The Balaban J connectivity index is 1.62. The normalized spacial score (nSPS) is 25.1. The quantitative estimate of drug-likeness (QED) is 0.864. The van der Waals surface area contributed by atoms with Crippen LogP contribution < -0.4 is 10.6 Å². The van der Waals surface area contributed by atoms with Crippen LogP contribution in [0.15, 0.2) is 29.4 Å². The van der Waals surface area contributed by atoms with Gasteiger partial charge in [-0.15, -0.1) is 0 Å². The summed E-state index contributed by atoms with van der Waals surface area (Å²) >= 11 is 0. The van der Waals surface area contributed by atoms with Gasteiger partial charge >= 0.3 is 0 Å². The van der Waals surface area contributed by atoms with Crippen LogP contribution in [-0.2, 0) is 9.63 Å². The molecule has 0 saturated carbocycles. The number of benzene rings is 1. The van der Waals surface area contributed by atoms with Crippen molar-refractivity contribution in [3.63, 3.8) is 0 Å². The van der Waals surface area contributed by atoms with Crippen molar-refractivity contribution in [2.45, 2.75) is 31.8 Å². The van der Waals surface area contributed by atoms with Crippen LogP contribution >= 0.6 is 0 Å². The van der Waals surface area contributed by atoms with E-state index in [1.807, 2.05) is 31.2 Å². The minimum atomic E-state index is -0.307. The van der Waals surface area contributed by atoms with E-state index < -0.39 is 0 Å². The van der Waals surface area contributed by atoms with Gasteiger partial charge in [0.1, 0.15) is 5.71 Å². The van der Waals surface area contributed by atoms with E-state index in [9.17, 15) is 4.79 Å². The number of amides is 1. The number of anilines is 1. The molecule has 106 valence electrons. The lowest BCUT2D eigenvalue weighted by Crippen LogP contribution is -2.46. The first-order valence-corrected chi connectivity index (χ1v) is 7.01. The molecular weight excluding hydrogens is 254 g/mol. The Morgan fingerprint density at radius 1 is 1.40 bits per heavy atom. The van der Waals surface area contributed by atoms with Crippen LogP contribution in [-0.4, -0.2) is 30.3 Å². The molecule has 5 heteroatoms. The summed E-state index contributed by atoms with van der Waals surface area (Å²) in [5.41, 5.74) is 2.12. The van der Waals surface area contributed by atoms with E-state index in [0.717, 1.165) is 37.2 Å². The van der Waals surface area contributed by atoms with E-state index in [2.05, 4.69) is 15.8 Å². The maximum Gasteiger partial charge on any atom is 0.273 e. The predicted molar refractivity (Wildman–Crippen MR) is 77.8 cm³/mol. The monoisotopic (exact) mass is 273 g/mol. The fourth-order valence-electron chi connectivity index (χ4n) is 2.65. The van der Waals surface area contributed by atoms with Gasteiger partial charge in [0.05, 0.1) is 0 Å². The summed E-state index contributed by atoms with van der Waals surface area (Å²) in [5, 5.41) is 10.2. The number of oxime groups is 1. The third-order valence-electron chi connectivity index (χ3n) is 3.84. The third kappa shape index (κ3) is 2.67. The van der Waals surface area contributed by atoms with E-state index in [0.29, 0.717) is 12.1 Å². The Morgan fingerprint density at radius 3 is 2.90 bits per heavy atom. The van der Waals surface area contributed by atoms with Gasteiger partial charge in [0.15, 0.2) is 5.60 Å². The predicted octanol–water partition coefficient (Wildman–Crippen LogP) is 1.83. The second kappa shape index (κ2) is 5.25. The molecule has 1 atom stereocenters. The van der Waals surface area contributed by atoms with Gasteiger partial charge in [0.2, 0.25) is 0 Å². The van der Waals surface area contributed by atoms with Gasteiger partial charge in [-0.1, -0.05) is 22.9 Å². The summed E-state index contributed by atoms with van der Waals surface area (Å²) in [6.07, 6.45) is 2.59. The molecule has 2 N–H and O–H groups in total. The van der Waals surface area contributed by atoms with Crippen molar-refractivity contribution < 1.29 is 9.63 Å². The van der Waals surface area contributed by atoms with Gasteiger partial charge in [-0.25, -0.2) is 0 Å². The number of aryl methyl sites for hydroxylation is 1. The zero-order valence-electron chi connectivity index (χ0n) is 11.6. The molecule has 1 aromatic rings. The Morgan fingerprint density at radius 2 is 2.20 bits per heavy atom. The molecule has 1 fully saturated rings. The highest BCUT2D eigenvalue weighted by Gasteiger charge is 2.42. The molecule has 0 aliphatic carbocycles. The standard InChI is InChI=1S/C15H19N3O2/c1-11-3-5-12(6-4-11)17-14(19)13-9-15(20-18-13)7-2-8-16-10-15/h3-6,16H,2,7-10H2,1H3,(H,17,19). The summed E-state index contributed by atoms with van der Waals surface area (Å²) in [4.78, 5) is 17.7. The van der Waals surface area contributed by atoms with Crippen molar-refractivity contribution in [1.29, 1.82) is 0 Å². The highest BCUT2D eigenvalue weighted by Crippen LogP contribution is 2.30. The number of piperidine rings is 1. The summed E-state index contributed by atoms with van der Waals surface area (Å²) in [5.74, 6) is -0.170. The molecule has 1 saturated heterocycles. The molecule has 20 heavy (non-hydrogen) atoms. The van der Waals surface area contributed by atoms with Crippen molar-refractivity contribution in [2.24, 2.45) is 5.16 Å². The lowest BCUT2D eigenvalue weighted by Gasteiger charge is -2.30. The van der Waals surface area contributed by atoms with Gasteiger partial charge < -0.3 is 15.5 Å². The topological polar surface area (TPSA) is 62.7 Å². The van der Waals surface area contributed by atoms with Gasteiger partial charge in [-0.3, -0.25) is 4.79 Å². The van der Waals surface area contributed by atoms with Crippen molar-refractivity contribution in [2.75, 3.05) is 18.4 Å². The molecule has 5 nitrogen and oxygen atoms in total. The van der Waals surface area contributed by atoms with Gasteiger partial charge in [-0.2, -0.15) is 0 Å². The molecule has 3 rings (SSSR count). The smallest absolute Gasteiger partial charge is 0.273 e. The van der Waals surface area contributed by atoms with Crippen LogP contribution in [0, 0.1) is 6.92 Å². The van der Waals surface area contributed by atoms with Crippen molar-refractivity contribution in [3.8, 4) is 0 Å². The molecule has 2 aliphatic heterocycles. The highest BCUT2D eigenvalue weighted by atomic mass is 16.7. The fourth-order valence-corrected chi connectivity index (χ4v) is 2.65. The molecule has 0 bridgehead atoms. The second-order valence-corrected chi connectivity index (χ2v) is 5.59. The first kappa shape index (κ1) is 13.1. The van der Waals surface area contributed by atoms with Crippen LogP contribution in [0.2, 0.25) is 0 Å². The Labute approximate surface area is 118 Å². The first-order valence-electron chi connectivity index (χ1n) is 7.01. The first-order chi connectivity index (χ1) is 9.67. The van der Waals surface area contributed by atoms with Gasteiger partial charge in [0.25, 0.3) is 5.91 Å². The maximum absolute atomic E-state index is 12.2. The van der Waals surface area contributed by atoms with Crippen molar-refractivity contribution in [1.82, 2.24) is 5.32 Å². The van der Waals surface area contributed by atoms with Crippen LogP contribution in [0.1, 0.15) is 24.8 Å². The van der Waals surface area contributed by atoms with E-state index in [1.54, 1.807) is 0 Å². The second-order valence-electron chi connectivity index (χ2n) is 5.59. The average molecular weight is 273 g/mol. The average Bonchev–Trinajstić information content (AvgIpc) is 2.86. The summed E-state index contributed by atoms with van der Waals surface area (Å²) in [6.45, 7) is 3.79. The molecular formula is C15H19N3O2. The number of carbonyl (C=O) groups is 1. The summed E-state index contributed by atoms with van der Waals surface area (Å²) < 4.78 is 0.